The average molecular weight is 807 g/mol. The van der Waals surface area contributed by atoms with Gasteiger partial charge in [0.2, 0.25) is 0 Å². The van der Waals surface area contributed by atoms with Crippen LogP contribution in [0.2, 0.25) is 0 Å². The topological polar surface area (TPSA) is 113 Å². The molecule has 12 atom stereocenters. The molecule has 57 heavy (non-hydrogen) atoms. The van der Waals surface area contributed by atoms with Gasteiger partial charge in [0.15, 0.2) is 9.84 Å². The number of rotatable bonds is 10. The van der Waals surface area contributed by atoms with E-state index in [1.54, 1.807) is 13.8 Å². The van der Waals surface area contributed by atoms with Crippen molar-refractivity contribution in [3.63, 3.8) is 0 Å². The second-order valence-electron chi connectivity index (χ2n) is 22.6. The number of carboxylic acid groups (broad SMARTS) is 1. The van der Waals surface area contributed by atoms with Crippen LogP contribution in [0.4, 0.5) is 0 Å². The molecule has 0 radical (unpaired) electrons. The summed E-state index contributed by atoms with van der Waals surface area (Å²) in [6.45, 7) is 25.8. The van der Waals surface area contributed by atoms with Gasteiger partial charge in [-0.2, -0.15) is 0 Å². The highest BCUT2D eigenvalue weighted by Crippen LogP contribution is 2.76. The van der Waals surface area contributed by atoms with Gasteiger partial charge < -0.3 is 15.2 Å². The fraction of sp³-hybridized carbons (Fsp3) is 0.833. The fourth-order valence-corrected chi connectivity index (χ4v) is 18.0. The maximum Gasteiger partial charge on any atom is 0.309 e. The van der Waals surface area contributed by atoms with Crippen LogP contribution in [0.1, 0.15) is 145 Å². The zero-order valence-electron chi connectivity index (χ0n) is 36.6. The van der Waals surface area contributed by atoms with Crippen LogP contribution in [0.5, 0.6) is 0 Å². The number of carboxylic acids is 1. The summed E-state index contributed by atoms with van der Waals surface area (Å²) in [5.41, 5.74) is 4.15. The van der Waals surface area contributed by atoms with Gasteiger partial charge in [0.05, 0.1) is 22.8 Å². The van der Waals surface area contributed by atoms with E-state index in [1.807, 2.05) is 0 Å². The number of ether oxygens (including phenoxy) is 1. The molecule has 2 bridgehead atoms. The molecule has 0 aromatic carbocycles. The van der Waals surface area contributed by atoms with E-state index < -0.39 is 27.2 Å². The Hall–Kier alpha value is -1.97. The molecule has 0 amide bonds. The van der Waals surface area contributed by atoms with Crippen molar-refractivity contribution in [2.75, 3.05) is 25.4 Å². The van der Waals surface area contributed by atoms with Crippen LogP contribution < -0.4 is 5.32 Å². The molecule has 2 heterocycles. The number of hydrogen-bond acceptors (Lipinski definition) is 7. The van der Waals surface area contributed by atoms with Crippen molar-refractivity contribution in [1.29, 1.82) is 0 Å². The summed E-state index contributed by atoms with van der Waals surface area (Å²) >= 11 is 0. The molecule has 2 aliphatic heterocycles. The zero-order valence-corrected chi connectivity index (χ0v) is 37.4. The summed E-state index contributed by atoms with van der Waals surface area (Å²) in [6, 6.07) is 0.216. The second-order valence-corrected chi connectivity index (χ2v) is 25.0. The van der Waals surface area contributed by atoms with Crippen molar-refractivity contribution in [1.82, 2.24) is 10.2 Å². The van der Waals surface area contributed by atoms with E-state index >= 15 is 0 Å². The van der Waals surface area contributed by atoms with Crippen LogP contribution in [0.25, 0.3) is 0 Å². The maximum absolute atomic E-state index is 12.7. The van der Waals surface area contributed by atoms with Crippen LogP contribution in [-0.2, 0) is 24.2 Å². The number of aliphatic carboxylic acids is 1. The number of hydrogen-bond donors (Lipinski definition) is 2. The van der Waals surface area contributed by atoms with Gasteiger partial charge in [0, 0.05) is 37.6 Å². The molecule has 6 aliphatic carbocycles. The predicted octanol–water partition coefficient (Wildman–Crippen LogP) is 8.92. The number of sulfone groups is 1. The zero-order chi connectivity index (χ0) is 41.1. The van der Waals surface area contributed by atoms with Crippen LogP contribution in [0, 0.1) is 56.7 Å². The van der Waals surface area contributed by atoms with Crippen molar-refractivity contribution >= 4 is 21.8 Å². The minimum Gasteiger partial charge on any atom is -0.481 e. The number of esters is 1. The summed E-state index contributed by atoms with van der Waals surface area (Å²) in [5, 5.41) is 13.6. The summed E-state index contributed by atoms with van der Waals surface area (Å²) < 4.78 is 30.7. The minimum absolute atomic E-state index is 0.0497. The maximum atomic E-state index is 12.7. The monoisotopic (exact) mass is 807 g/mol. The third kappa shape index (κ3) is 6.50. The molecule has 6 fully saturated rings. The van der Waals surface area contributed by atoms with Crippen molar-refractivity contribution in [2.45, 2.75) is 168 Å². The lowest BCUT2D eigenvalue weighted by Crippen LogP contribution is -2.68. The number of nitrogens with one attached hydrogen (secondary N) is 1. The lowest BCUT2D eigenvalue weighted by Gasteiger charge is -2.72. The van der Waals surface area contributed by atoms with Crippen molar-refractivity contribution in [3.05, 3.63) is 35.5 Å². The Balaban J connectivity index is 0.980. The van der Waals surface area contributed by atoms with Gasteiger partial charge in [-0.3, -0.25) is 14.5 Å². The molecule has 8 rings (SSSR count). The Bertz CT molecular complexity index is 1850. The molecule has 9 heteroatoms. The average Bonchev–Trinajstić information content (AvgIpc) is 3.79. The van der Waals surface area contributed by atoms with Crippen LogP contribution >= 0.6 is 0 Å². The first-order valence-corrected chi connectivity index (χ1v) is 24.5. The van der Waals surface area contributed by atoms with Crippen molar-refractivity contribution < 1.29 is 27.9 Å². The standard InChI is InChI=1S/C48H74N2O6S/c1-30(2)35-16-21-48(49-24-25-50-28-34-26-32(50)29-57(34,54)55)23-22-46(8)37(41(35)48)14-15-39-45(7)19-17-36(44(5,6)38(45)18-20-47(39,46)9)31-10-12-33(13-11-31)56-40(51)27-43(3,4)42(52)53/h10,17,32-35,37-39,41,49H,1,11-16,18-29H2,2-9H3,(H,52,53)/t32-,33+,34+,35+,37-,38+,39-,41-,45+,46-,47-,48+/m1/s1. The molecule has 0 aromatic heterocycles. The summed E-state index contributed by atoms with van der Waals surface area (Å²) in [6.07, 6.45) is 19.1. The first-order valence-electron chi connectivity index (χ1n) is 22.8. The van der Waals surface area contributed by atoms with Gasteiger partial charge in [0.1, 0.15) is 6.10 Å². The Morgan fingerprint density at radius 1 is 0.982 bits per heavy atom. The molecule has 0 spiro atoms. The van der Waals surface area contributed by atoms with Gasteiger partial charge in [-0.05, 0) is 160 Å². The molecule has 8 nitrogen and oxygen atoms in total. The molecular formula is C48H74N2O6S. The Labute approximate surface area is 344 Å². The van der Waals surface area contributed by atoms with E-state index in [0.29, 0.717) is 41.8 Å². The van der Waals surface area contributed by atoms with E-state index in [1.165, 1.54) is 68.1 Å². The number of carbonyl (C=O) groups excluding carboxylic acids is 1. The van der Waals surface area contributed by atoms with Gasteiger partial charge in [-0.1, -0.05) is 58.9 Å². The van der Waals surface area contributed by atoms with E-state index in [0.717, 1.165) is 45.3 Å². The highest BCUT2D eigenvalue weighted by Gasteiger charge is 2.70. The van der Waals surface area contributed by atoms with Crippen LogP contribution in [-0.4, -0.2) is 78.7 Å². The molecule has 2 saturated heterocycles. The molecular weight excluding hydrogens is 733 g/mol. The summed E-state index contributed by atoms with van der Waals surface area (Å²) in [5.74, 6) is 2.07. The quantitative estimate of drug-likeness (QED) is 0.166. The minimum atomic E-state index is -2.88. The van der Waals surface area contributed by atoms with Gasteiger partial charge in [0.25, 0.3) is 0 Å². The highest BCUT2D eigenvalue weighted by molar-refractivity contribution is 7.92. The van der Waals surface area contributed by atoms with Crippen molar-refractivity contribution in [2.24, 2.45) is 56.7 Å². The highest BCUT2D eigenvalue weighted by atomic mass is 32.2. The lowest BCUT2D eigenvalue weighted by molar-refractivity contribution is -0.221. The van der Waals surface area contributed by atoms with E-state index in [2.05, 4.69) is 70.5 Å². The SMILES string of the molecule is C=C(C)[C@@H]1CC[C@]2(NCCN3C[C@@H]4C[C@@H]3CS4(=O)=O)CC[C@]3(C)[C@H](CC[C@@H]4[C@@]5(C)CC=C(C6=CC[C@H](OC(=O)CC(C)(C)C(=O)O)CC6)C(C)(C)[C@@H]5CC[C@]43C)[C@@H]12. The van der Waals surface area contributed by atoms with Gasteiger partial charge in [-0.25, -0.2) is 8.42 Å². The van der Waals surface area contributed by atoms with Crippen LogP contribution in [0.15, 0.2) is 35.5 Å². The Kier molecular flexibility index (Phi) is 10.3. The molecule has 0 unspecified atom stereocenters. The normalized spacial score (nSPS) is 44.5. The van der Waals surface area contributed by atoms with Gasteiger partial charge in [-0.15, -0.1) is 0 Å². The molecule has 318 valence electrons. The van der Waals surface area contributed by atoms with E-state index in [9.17, 15) is 23.1 Å². The smallest absolute Gasteiger partial charge is 0.309 e. The molecule has 4 saturated carbocycles. The summed E-state index contributed by atoms with van der Waals surface area (Å²) in [7, 11) is -2.88. The van der Waals surface area contributed by atoms with Crippen LogP contribution in [0.3, 0.4) is 0 Å². The molecule has 8 aliphatic rings. The molecule has 0 aromatic rings. The third-order valence-electron chi connectivity index (χ3n) is 19.1. The molecule has 2 N–H and O–H groups in total. The number of likely N-dealkylation sites (tertiary alicyclic amines) is 1. The largest absolute Gasteiger partial charge is 0.481 e. The first-order chi connectivity index (χ1) is 26.6. The van der Waals surface area contributed by atoms with E-state index in [4.69, 9.17) is 4.74 Å². The number of nitrogens with zero attached hydrogens (tertiary/aromatic N) is 1. The Morgan fingerprint density at radius 3 is 2.37 bits per heavy atom. The third-order valence-corrected chi connectivity index (χ3v) is 21.3. The summed E-state index contributed by atoms with van der Waals surface area (Å²) in [4.78, 5) is 26.7. The second kappa shape index (κ2) is 14.0. The number of fused-ring (bicyclic) bond motifs is 9. The number of allylic oxidation sites excluding steroid dienone is 4. The Morgan fingerprint density at radius 2 is 1.74 bits per heavy atom. The lowest BCUT2D eigenvalue weighted by atomic mass is 9.33. The first kappa shape index (κ1) is 41.8. The van der Waals surface area contributed by atoms with Gasteiger partial charge >= 0.3 is 11.9 Å². The fourth-order valence-electron chi connectivity index (χ4n) is 15.9. The van der Waals surface area contributed by atoms with Crippen molar-refractivity contribution in [3.8, 4) is 0 Å². The number of carbonyl (C=O) groups is 2. The van der Waals surface area contributed by atoms with E-state index in [-0.39, 0.29) is 51.0 Å². The predicted molar refractivity (Wildman–Crippen MR) is 226 cm³/mol.